The molecule has 0 rings (SSSR count). The van der Waals surface area contributed by atoms with Crippen LogP contribution in [0.4, 0.5) is 0 Å². The Morgan fingerprint density at radius 1 is 0.526 bits per heavy atom. The predicted molar refractivity (Wildman–Crippen MR) is 93.3 cm³/mol. The summed E-state index contributed by atoms with van der Waals surface area (Å²) in [5.74, 6) is 0. The maximum Gasteiger partial charge on any atom is 0.0258 e. The molecule has 1 heteroatoms. The molecule has 0 amide bonds. The van der Waals surface area contributed by atoms with Crippen molar-refractivity contribution >= 4 is 15.9 Å². The van der Waals surface area contributed by atoms with Crippen LogP contribution in [0.25, 0.3) is 0 Å². The van der Waals surface area contributed by atoms with Gasteiger partial charge in [0.1, 0.15) is 0 Å². The molecule has 116 valence electrons. The fourth-order valence-corrected chi connectivity index (χ4v) is 3.60. The quantitative estimate of drug-likeness (QED) is 0.226. The monoisotopic (exact) mass is 332 g/mol. The maximum atomic E-state index is 4.08. The number of unbranched alkanes of at least 4 members (excludes halogenated alkanes) is 8. The Kier molecular flexibility index (Phi) is 13.8. The third kappa shape index (κ3) is 12.0. The summed E-state index contributed by atoms with van der Waals surface area (Å²) >= 11 is 4.08. The average Bonchev–Trinajstić information content (AvgIpc) is 2.42. The lowest BCUT2D eigenvalue weighted by atomic mass is 9.90. The second kappa shape index (κ2) is 13.5. The van der Waals surface area contributed by atoms with Gasteiger partial charge in [0.2, 0.25) is 0 Å². The normalized spacial score (nSPS) is 12.0. The van der Waals surface area contributed by atoms with Gasteiger partial charge in [-0.2, -0.15) is 0 Å². The van der Waals surface area contributed by atoms with E-state index in [1.165, 1.54) is 89.9 Å². The molecule has 19 heavy (non-hydrogen) atoms. The molecule has 0 aromatic rings. The lowest BCUT2D eigenvalue weighted by molar-refractivity contribution is 0.425. The Bertz CT molecular complexity index is 169. The number of hydrogen-bond donors (Lipinski definition) is 0. The van der Waals surface area contributed by atoms with Gasteiger partial charge in [0.15, 0.2) is 0 Å². The molecule has 0 unspecified atom stereocenters. The van der Waals surface area contributed by atoms with Crippen LogP contribution in [0.1, 0.15) is 111 Å². The Morgan fingerprint density at radius 3 is 1.37 bits per heavy atom. The number of hydrogen-bond acceptors (Lipinski definition) is 0. The van der Waals surface area contributed by atoms with Gasteiger partial charge in [-0.05, 0) is 19.3 Å². The average molecular weight is 333 g/mol. The molecule has 0 aliphatic heterocycles. The minimum absolute atomic E-state index is 0.461. The van der Waals surface area contributed by atoms with Crippen LogP contribution in [0, 0.1) is 0 Å². The first-order valence-electron chi connectivity index (χ1n) is 8.87. The van der Waals surface area contributed by atoms with Gasteiger partial charge in [-0.3, -0.25) is 0 Å². The Labute approximate surface area is 131 Å². The molecule has 0 N–H and O–H groups in total. The minimum atomic E-state index is 0.461. The summed E-state index contributed by atoms with van der Waals surface area (Å²) in [5, 5.41) is 0. The molecule has 0 aromatic carbocycles. The van der Waals surface area contributed by atoms with E-state index in [0.29, 0.717) is 4.32 Å². The maximum absolute atomic E-state index is 4.08. The number of alkyl halides is 1. The van der Waals surface area contributed by atoms with Crippen LogP contribution in [-0.4, -0.2) is 4.32 Å². The molecule has 0 radical (unpaired) electrons. The van der Waals surface area contributed by atoms with Gasteiger partial charge in [-0.15, -0.1) is 0 Å². The van der Waals surface area contributed by atoms with Crippen LogP contribution in [0.15, 0.2) is 0 Å². The summed E-state index contributed by atoms with van der Waals surface area (Å²) in [6, 6.07) is 0. The van der Waals surface area contributed by atoms with Gasteiger partial charge in [0.05, 0.1) is 0 Å². The second-order valence-corrected chi connectivity index (χ2v) is 7.91. The Morgan fingerprint density at radius 2 is 0.895 bits per heavy atom. The van der Waals surface area contributed by atoms with E-state index >= 15 is 0 Å². The van der Waals surface area contributed by atoms with Crippen LogP contribution in [0.3, 0.4) is 0 Å². The molecule has 0 heterocycles. The summed E-state index contributed by atoms with van der Waals surface area (Å²) in [7, 11) is 0. The Balaban J connectivity index is 3.72. The third-order valence-electron chi connectivity index (χ3n) is 4.19. The molecule has 0 bridgehead atoms. The van der Waals surface area contributed by atoms with E-state index in [2.05, 4.69) is 36.7 Å². The highest BCUT2D eigenvalue weighted by molar-refractivity contribution is 9.10. The summed E-state index contributed by atoms with van der Waals surface area (Å²) in [6.07, 6.45) is 19.6. The van der Waals surface area contributed by atoms with Crippen LogP contribution < -0.4 is 0 Å². The van der Waals surface area contributed by atoms with Crippen molar-refractivity contribution in [1.82, 2.24) is 0 Å². The van der Waals surface area contributed by atoms with Crippen LogP contribution in [0.2, 0.25) is 0 Å². The number of rotatable bonds is 14. The van der Waals surface area contributed by atoms with Gasteiger partial charge >= 0.3 is 0 Å². The lowest BCUT2D eigenvalue weighted by Gasteiger charge is -2.27. The summed E-state index contributed by atoms with van der Waals surface area (Å²) < 4.78 is 0.461. The summed E-state index contributed by atoms with van der Waals surface area (Å²) in [5.41, 5.74) is 0. The summed E-state index contributed by atoms with van der Waals surface area (Å²) in [4.78, 5) is 0. The molecule has 0 nitrogen and oxygen atoms in total. The molecular weight excluding hydrogens is 296 g/mol. The van der Waals surface area contributed by atoms with Gasteiger partial charge < -0.3 is 0 Å². The molecule has 0 atom stereocenters. The molecule has 0 spiro atoms. The zero-order valence-corrected chi connectivity index (χ0v) is 15.4. The van der Waals surface area contributed by atoms with Crippen molar-refractivity contribution in [1.29, 1.82) is 0 Å². The topological polar surface area (TPSA) is 0 Å². The van der Waals surface area contributed by atoms with Gasteiger partial charge in [0.25, 0.3) is 0 Å². The standard InChI is InChI=1S/C18H37Br/c1-4-7-10-11-12-13-14-17-18(19,15-8-5-2)16-9-6-3/h4-17H2,1-3H3. The van der Waals surface area contributed by atoms with E-state index in [0.717, 1.165) is 0 Å². The zero-order valence-electron chi connectivity index (χ0n) is 13.8. The van der Waals surface area contributed by atoms with E-state index in [9.17, 15) is 0 Å². The molecule has 0 saturated carbocycles. The predicted octanol–water partition coefficient (Wildman–Crippen LogP) is 7.64. The van der Waals surface area contributed by atoms with Crippen molar-refractivity contribution in [3.8, 4) is 0 Å². The van der Waals surface area contributed by atoms with Crippen LogP contribution in [-0.2, 0) is 0 Å². The fraction of sp³-hybridized carbons (Fsp3) is 1.00. The highest BCUT2D eigenvalue weighted by Crippen LogP contribution is 2.36. The van der Waals surface area contributed by atoms with Crippen molar-refractivity contribution in [2.75, 3.05) is 0 Å². The Hall–Kier alpha value is 0.480. The molecule has 0 fully saturated rings. The van der Waals surface area contributed by atoms with Crippen LogP contribution in [0.5, 0.6) is 0 Å². The third-order valence-corrected chi connectivity index (χ3v) is 5.37. The first-order chi connectivity index (χ1) is 9.18. The van der Waals surface area contributed by atoms with E-state index < -0.39 is 0 Å². The van der Waals surface area contributed by atoms with Crippen molar-refractivity contribution in [3.63, 3.8) is 0 Å². The highest BCUT2D eigenvalue weighted by atomic mass is 79.9. The molecule has 0 aromatic heterocycles. The molecule has 0 saturated heterocycles. The smallest absolute Gasteiger partial charge is 0.0258 e. The molecular formula is C18H37Br. The first kappa shape index (κ1) is 19.5. The largest absolute Gasteiger partial charge is 0.0853 e. The van der Waals surface area contributed by atoms with Gasteiger partial charge in [0, 0.05) is 4.32 Å². The number of halogens is 1. The fourth-order valence-electron chi connectivity index (χ4n) is 2.76. The van der Waals surface area contributed by atoms with Crippen molar-refractivity contribution in [2.24, 2.45) is 0 Å². The highest BCUT2D eigenvalue weighted by Gasteiger charge is 2.24. The molecule has 0 aliphatic carbocycles. The van der Waals surface area contributed by atoms with E-state index in [-0.39, 0.29) is 0 Å². The van der Waals surface area contributed by atoms with E-state index in [1.54, 1.807) is 0 Å². The summed E-state index contributed by atoms with van der Waals surface area (Å²) in [6.45, 7) is 6.91. The first-order valence-corrected chi connectivity index (χ1v) is 9.66. The van der Waals surface area contributed by atoms with Crippen molar-refractivity contribution in [3.05, 3.63) is 0 Å². The SMILES string of the molecule is CCCCCCCCCC(Br)(CCCC)CCCC. The van der Waals surface area contributed by atoms with Gasteiger partial charge in [-0.25, -0.2) is 0 Å². The second-order valence-electron chi connectivity index (χ2n) is 6.23. The molecule has 0 aliphatic rings. The zero-order chi connectivity index (χ0) is 14.4. The van der Waals surface area contributed by atoms with Crippen molar-refractivity contribution < 1.29 is 0 Å². The van der Waals surface area contributed by atoms with E-state index in [1.807, 2.05) is 0 Å². The van der Waals surface area contributed by atoms with Crippen molar-refractivity contribution in [2.45, 2.75) is 115 Å². The van der Waals surface area contributed by atoms with E-state index in [4.69, 9.17) is 0 Å². The van der Waals surface area contributed by atoms with Gasteiger partial charge in [-0.1, -0.05) is 107 Å². The lowest BCUT2D eigenvalue weighted by Crippen LogP contribution is -2.20. The van der Waals surface area contributed by atoms with Crippen LogP contribution >= 0.6 is 15.9 Å². The minimum Gasteiger partial charge on any atom is -0.0853 e.